The maximum absolute atomic E-state index is 11.1. The van der Waals surface area contributed by atoms with Crippen LogP contribution in [0.4, 0.5) is 0 Å². The molecule has 0 fully saturated rings. The Morgan fingerprint density at radius 3 is 2.64 bits per heavy atom. The SMILES string of the molecule is COC(=O)Cn1c(C)cc(C=O)c1C. The quantitative estimate of drug-likeness (QED) is 0.536. The first-order valence-electron chi connectivity index (χ1n) is 4.29. The number of carbonyl (C=O) groups excluding carboxylic acids is 2. The Balaban J connectivity index is 3.02. The van der Waals surface area contributed by atoms with E-state index in [-0.39, 0.29) is 12.5 Å². The molecule has 1 rings (SSSR count). The second kappa shape index (κ2) is 4.09. The molecule has 0 aliphatic carbocycles. The van der Waals surface area contributed by atoms with Crippen molar-refractivity contribution in [3.05, 3.63) is 23.0 Å². The number of ether oxygens (including phenoxy) is 1. The van der Waals surface area contributed by atoms with Gasteiger partial charge in [-0.2, -0.15) is 0 Å². The molecule has 0 bridgehead atoms. The van der Waals surface area contributed by atoms with E-state index in [4.69, 9.17) is 0 Å². The fourth-order valence-corrected chi connectivity index (χ4v) is 1.38. The molecule has 4 heteroatoms. The number of methoxy groups -OCH3 is 1. The summed E-state index contributed by atoms with van der Waals surface area (Å²) in [5.74, 6) is -0.316. The van der Waals surface area contributed by atoms with Gasteiger partial charge in [0.15, 0.2) is 6.29 Å². The molecule has 0 aliphatic rings. The van der Waals surface area contributed by atoms with Gasteiger partial charge < -0.3 is 9.30 Å². The zero-order valence-electron chi connectivity index (χ0n) is 8.53. The Morgan fingerprint density at radius 1 is 1.57 bits per heavy atom. The first-order valence-corrected chi connectivity index (χ1v) is 4.29. The molecule has 1 aromatic heterocycles. The smallest absolute Gasteiger partial charge is 0.325 e. The third-order valence-electron chi connectivity index (χ3n) is 2.25. The van der Waals surface area contributed by atoms with Crippen molar-refractivity contribution in [1.29, 1.82) is 0 Å². The van der Waals surface area contributed by atoms with Crippen LogP contribution in [0.2, 0.25) is 0 Å². The van der Waals surface area contributed by atoms with Crippen LogP contribution < -0.4 is 0 Å². The standard InChI is InChI=1S/C10H13NO3/c1-7-4-9(6-12)8(2)11(7)5-10(13)14-3/h4,6H,5H2,1-3H3. The van der Waals surface area contributed by atoms with Crippen LogP contribution in [0, 0.1) is 13.8 Å². The number of aryl methyl sites for hydroxylation is 1. The van der Waals surface area contributed by atoms with Gasteiger partial charge in [-0.05, 0) is 19.9 Å². The number of carbonyl (C=O) groups is 2. The topological polar surface area (TPSA) is 48.3 Å². The van der Waals surface area contributed by atoms with Crippen LogP contribution in [0.25, 0.3) is 0 Å². The van der Waals surface area contributed by atoms with Gasteiger partial charge in [0, 0.05) is 17.0 Å². The van der Waals surface area contributed by atoms with Crippen molar-refractivity contribution in [3.8, 4) is 0 Å². The predicted molar refractivity (Wildman–Crippen MR) is 51.3 cm³/mol. The number of aromatic nitrogens is 1. The molecule has 0 saturated carbocycles. The van der Waals surface area contributed by atoms with Crippen LogP contribution in [0.15, 0.2) is 6.07 Å². The maximum Gasteiger partial charge on any atom is 0.325 e. The van der Waals surface area contributed by atoms with E-state index in [9.17, 15) is 9.59 Å². The normalized spacial score (nSPS) is 9.93. The van der Waals surface area contributed by atoms with Crippen molar-refractivity contribution < 1.29 is 14.3 Å². The number of nitrogens with zero attached hydrogens (tertiary/aromatic N) is 1. The predicted octanol–water partition coefficient (Wildman–Crippen LogP) is 1.09. The average molecular weight is 195 g/mol. The van der Waals surface area contributed by atoms with Gasteiger partial charge in [-0.15, -0.1) is 0 Å². The third-order valence-corrected chi connectivity index (χ3v) is 2.25. The molecule has 0 atom stereocenters. The van der Waals surface area contributed by atoms with Crippen LogP contribution in [0.5, 0.6) is 0 Å². The highest BCUT2D eigenvalue weighted by molar-refractivity contribution is 5.78. The summed E-state index contributed by atoms with van der Waals surface area (Å²) in [6, 6.07) is 1.76. The molecule has 4 nitrogen and oxygen atoms in total. The Labute approximate surface area is 82.5 Å². The van der Waals surface area contributed by atoms with Gasteiger partial charge in [0.25, 0.3) is 0 Å². The first-order chi connectivity index (χ1) is 6.60. The molecule has 0 aromatic carbocycles. The number of aldehydes is 1. The number of hydrogen-bond acceptors (Lipinski definition) is 3. The second-order valence-corrected chi connectivity index (χ2v) is 3.11. The van der Waals surface area contributed by atoms with Crippen LogP contribution >= 0.6 is 0 Å². The van der Waals surface area contributed by atoms with Crippen LogP contribution in [-0.4, -0.2) is 23.9 Å². The van der Waals surface area contributed by atoms with E-state index >= 15 is 0 Å². The fraction of sp³-hybridized carbons (Fsp3) is 0.400. The summed E-state index contributed by atoms with van der Waals surface area (Å²) in [7, 11) is 1.34. The Bertz CT molecular complexity index is 366. The lowest BCUT2D eigenvalue weighted by atomic mass is 10.3. The molecular formula is C10H13NO3. The second-order valence-electron chi connectivity index (χ2n) is 3.11. The molecule has 14 heavy (non-hydrogen) atoms. The third kappa shape index (κ3) is 1.84. The largest absolute Gasteiger partial charge is 0.468 e. The lowest BCUT2D eigenvalue weighted by Gasteiger charge is -2.06. The van der Waals surface area contributed by atoms with Gasteiger partial charge >= 0.3 is 5.97 Å². The highest BCUT2D eigenvalue weighted by Gasteiger charge is 2.11. The summed E-state index contributed by atoms with van der Waals surface area (Å²) in [4.78, 5) is 21.7. The van der Waals surface area contributed by atoms with E-state index in [0.29, 0.717) is 5.56 Å². The zero-order valence-corrected chi connectivity index (χ0v) is 8.53. The lowest BCUT2D eigenvalue weighted by Crippen LogP contribution is -2.13. The summed E-state index contributed by atoms with van der Waals surface area (Å²) in [6.45, 7) is 3.81. The minimum Gasteiger partial charge on any atom is -0.468 e. The number of hydrogen-bond donors (Lipinski definition) is 0. The molecular weight excluding hydrogens is 182 g/mol. The first kappa shape index (κ1) is 10.5. The Hall–Kier alpha value is -1.58. The summed E-state index contributed by atoms with van der Waals surface area (Å²) >= 11 is 0. The van der Waals surface area contributed by atoms with Crippen molar-refractivity contribution in [3.63, 3.8) is 0 Å². The average Bonchev–Trinajstić information content (AvgIpc) is 2.44. The maximum atomic E-state index is 11.1. The highest BCUT2D eigenvalue weighted by Crippen LogP contribution is 2.12. The molecule has 0 unspecified atom stereocenters. The van der Waals surface area contributed by atoms with Gasteiger partial charge in [0.2, 0.25) is 0 Å². The molecule has 0 radical (unpaired) electrons. The summed E-state index contributed by atoms with van der Waals surface area (Å²) < 4.78 is 6.32. The molecule has 0 aliphatic heterocycles. The molecule has 1 heterocycles. The monoisotopic (exact) mass is 195 g/mol. The van der Waals surface area contributed by atoms with Gasteiger partial charge in [0.1, 0.15) is 6.54 Å². The summed E-state index contributed by atoms with van der Waals surface area (Å²) in [6.07, 6.45) is 0.788. The fourth-order valence-electron chi connectivity index (χ4n) is 1.38. The van der Waals surface area contributed by atoms with E-state index in [1.54, 1.807) is 17.6 Å². The van der Waals surface area contributed by atoms with Crippen molar-refractivity contribution in [2.24, 2.45) is 0 Å². The van der Waals surface area contributed by atoms with E-state index in [2.05, 4.69) is 4.74 Å². The van der Waals surface area contributed by atoms with E-state index in [1.807, 2.05) is 6.92 Å². The highest BCUT2D eigenvalue weighted by atomic mass is 16.5. The van der Waals surface area contributed by atoms with Crippen LogP contribution in [0.1, 0.15) is 21.7 Å². The van der Waals surface area contributed by atoms with Crippen molar-refractivity contribution in [2.45, 2.75) is 20.4 Å². The summed E-state index contributed by atoms with van der Waals surface area (Å²) in [5, 5.41) is 0. The van der Waals surface area contributed by atoms with Gasteiger partial charge in [-0.25, -0.2) is 0 Å². The van der Waals surface area contributed by atoms with Gasteiger partial charge in [-0.1, -0.05) is 0 Å². The molecule has 0 spiro atoms. The lowest BCUT2D eigenvalue weighted by molar-refractivity contribution is -0.141. The minimum absolute atomic E-state index is 0.155. The number of rotatable bonds is 3. The molecule has 0 saturated heterocycles. The molecule has 76 valence electrons. The van der Waals surface area contributed by atoms with Crippen molar-refractivity contribution in [2.75, 3.05) is 7.11 Å². The van der Waals surface area contributed by atoms with Crippen LogP contribution in [0.3, 0.4) is 0 Å². The van der Waals surface area contributed by atoms with Gasteiger partial charge in [0.05, 0.1) is 7.11 Å². The summed E-state index contributed by atoms with van der Waals surface area (Å²) in [5.41, 5.74) is 2.30. The Morgan fingerprint density at radius 2 is 2.21 bits per heavy atom. The molecule has 1 aromatic rings. The van der Waals surface area contributed by atoms with E-state index in [0.717, 1.165) is 17.7 Å². The van der Waals surface area contributed by atoms with Crippen molar-refractivity contribution in [1.82, 2.24) is 4.57 Å². The van der Waals surface area contributed by atoms with Crippen LogP contribution in [-0.2, 0) is 16.1 Å². The van der Waals surface area contributed by atoms with Crippen molar-refractivity contribution >= 4 is 12.3 Å². The van der Waals surface area contributed by atoms with E-state index < -0.39 is 0 Å². The number of esters is 1. The molecule has 0 amide bonds. The van der Waals surface area contributed by atoms with Gasteiger partial charge in [-0.3, -0.25) is 9.59 Å². The minimum atomic E-state index is -0.316. The zero-order chi connectivity index (χ0) is 10.7. The molecule has 0 N–H and O–H groups in total. The Kier molecular flexibility index (Phi) is 3.06. The van der Waals surface area contributed by atoms with E-state index in [1.165, 1.54) is 7.11 Å².